The third-order valence-electron chi connectivity index (χ3n) is 3.53. The number of rotatable bonds is 2. The zero-order chi connectivity index (χ0) is 12.7. The molecule has 2 aliphatic rings. The van der Waals surface area contributed by atoms with Crippen LogP contribution >= 0.6 is 0 Å². The highest BCUT2D eigenvalue weighted by molar-refractivity contribution is 5.84. The van der Waals surface area contributed by atoms with E-state index in [4.69, 9.17) is 9.47 Å². The van der Waals surface area contributed by atoms with E-state index in [9.17, 15) is 9.90 Å². The number of carbonyl (C=O) groups excluding carboxylic acids is 1. The molecule has 1 N–H and O–H groups in total. The molecule has 3 rings (SSSR count). The molecule has 1 aromatic carbocycles. The number of methoxy groups -OCH3 is 1. The van der Waals surface area contributed by atoms with Crippen LogP contribution in [0.15, 0.2) is 24.3 Å². The average Bonchev–Trinajstić information content (AvgIpc) is 2.92. The molecule has 0 bridgehead atoms. The predicted molar refractivity (Wildman–Crippen MR) is 62.9 cm³/mol. The van der Waals surface area contributed by atoms with Crippen molar-refractivity contribution in [2.24, 2.45) is 0 Å². The lowest BCUT2D eigenvalue weighted by atomic mass is 10.2. The molecule has 2 saturated heterocycles. The van der Waals surface area contributed by atoms with Gasteiger partial charge in [0.05, 0.1) is 19.8 Å². The van der Waals surface area contributed by atoms with Gasteiger partial charge in [-0.15, -0.1) is 0 Å². The van der Waals surface area contributed by atoms with Crippen LogP contribution in [-0.2, 0) is 9.53 Å². The number of aliphatic hydroxyl groups is 1. The second-order valence-corrected chi connectivity index (χ2v) is 4.61. The molecule has 96 valence electrons. The van der Waals surface area contributed by atoms with Gasteiger partial charge in [0.15, 0.2) is 6.23 Å². The van der Waals surface area contributed by atoms with E-state index < -0.39 is 6.10 Å². The standard InChI is InChI=1S/C13H15NO4/c1-17-10-4-2-8(3-5-10)13-14-9(7-18-13)6-11(15)12(14)16/h2-5,9,11,13,15H,6-7H2,1H3. The molecule has 5 nitrogen and oxygen atoms in total. The summed E-state index contributed by atoms with van der Waals surface area (Å²) in [6.07, 6.45) is -0.795. The van der Waals surface area contributed by atoms with E-state index >= 15 is 0 Å². The number of ether oxygens (including phenoxy) is 2. The van der Waals surface area contributed by atoms with Gasteiger partial charge in [-0.2, -0.15) is 0 Å². The van der Waals surface area contributed by atoms with Crippen LogP contribution in [0.1, 0.15) is 18.2 Å². The number of nitrogens with zero attached hydrogens (tertiary/aromatic N) is 1. The number of hydrogen-bond acceptors (Lipinski definition) is 4. The van der Waals surface area contributed by atoms with Gasteiger partial charge in [0.2, 0.25) is 0 Å². The van der Waals surface area contributed by atoms with Crippen molar-refractivity contribution < 1.29 is 19.4 Å². The van der Waals surface area contributed by atoms with Gasteiger partial charge in [-0.3, -0.25) is 4.79 Å². The molecule has 0 radical (unpaired) electrons. The van der Waals surface area contributed by atoms with Gasteiger partial charge >= 0.3 is 0 Å². The van der Waals surface area contributed by atoms with Crippen molar-refractivity contribution in [1.82, 2.24) is 4.90 Å². The maximum Gasteiger partial charge on any atom is 0.254 e. The van der Waals surface area contributed by atoms with Crippen LogP contribution in [0.2, 0.25) is 0 Å². The van der Waals surface area contributed by atoms with Crippen LogP contribution in [0.5, 0.6) is 5.75 Å². The second kappa shape index (κ2) is 4.26. The van der Waals surface area contributed by atoms with Crippen LogP contribution in [0.3, 0.4) is 0 Å². The number of benzene rings is 1. The first-order valence-electron chi connectivity index (χ1n) is 5.96. The van der Waals surface area contributed by atoms with E-state index in [1.807, 2.05) is 24.3 Å². The maximum atomic E-state index is 11.9. The van der Waals surface area contributed by atoms with E-state index in [1.165, 1.54) is 0 Å². The Morgan fingerprint density at radius 3 is 2.78 bits per heavy atom. The van der Waals surface area contributed by atoms with Gasteiger partial charge in [0.1, 0.15) is 11.9 Å². The highest BCUT2D eigenvalue weighted by atomic mass is 16.5. The van der Waals surface area contributed by atoms with Gasteiger partial charge < -0.3 is 19.5 Å². The first-order valence-corrected chi connectivity index (χ1v) is 5.96. The quantitative estimate of drug-likeness (QED) is 0.837. The van der Waals surface area contributed by atoms with Crippen LogP contribution in [0, 0.1) is 0 Å². The molecular formula is C13H15NO4. The monoisotopic (exact) mass is 249 g/mol. The van der Waals surface area contributed by atoms with Gasteiger partial charge in [0, 0.05) is 12.0 Å². The fourth-order valence-corrected chi connectivity index (χ4v) is 2.59. The Balaban J connectivity index is 1.86. The lowest BCUT2D eigenvalue weighted by molar-refractivity contribution is -0.140. The molecule has 0 aliphatic carbocycles. The van der Waals surface area contributed by atoms with E-state index in [0.29, 0.717) is 13.0 Å². The third kappa shape index (κ3) is 1.67. The average molecular weight is 249 g/mol. The molecule has 1 aromatic rings. The van der Waals surface area contributed by atoms with E-state index in [2.05, 4.69) is 0 Å². The normalized spacial score (nSPS) is 30.7. The molecule has 2 heterocycles. The molecule has 18 heavy (non-hydrogen) atoms. The Hall–Kier alpha value is -1.59. The summed E-state index contributed by atoms with van der Waals surface area (Å²) in [7, 11) is 1.61. The Kier molecular flexibility index (Phi) is 2.72. The van der Waals surface area contributed by atoms with Crippen molar-refractivity contribution in [1.29, 1.82) is 0 Å². The number of aliphatic hydroxyl groups excluding tert-OH is 1. The minimum absolute atomic E-state index is 0.000369. The van der Waals surface area contributed by atoms with E-state index in [1.54, 1.807) is 12.0 Å². The first kappa shape index (κ1) is 11.5. The summed E-state index contributed by atoms with van der Waals surface area (Å²) in [5.74, 6) is 0.527. The molecule has 5 heteroatoms. The summed E-state index contributed by atoms with van der Waals surface area (Å²) < 4.78 is 10.7. The highest BCUT2D eigenvalue weighted by Gasteiger charge is 2.47. The molecule has 0 aromatic heterocycles. The van der Waals surface area contributed by atoms with Crippen molar-refractivity contribution >= 4 is 5.91 Å². The topological polar surface area (TPSA) is 59.0 Å². The first-order chi connectivity index (χ1) is 8.70. The second-order valence-electron chi connectivity index (χ2n) is 4.61. The minimum Gasteiger partial charge on any atom is -0.497 e. The molecule has 0 saturated carbocycles. The van der Waals surface area contributed by atoms with Crippen LogP contribution in [-0.4, -0.2) is 41.8 Å². The highest BCUT2D eigenvalue weighted by Crippen LogP contribution is 2.37. The fraction of sp³-hybridized carbons (Fsp3) is 0.462. The zero-order valence-electron chi connectivity index (χ0n) is 10.1. The van der Waals surface area contributed by atoms with Crippen molar-refractivity contribution in [3.05, 3.63) is 29.8 Å². The van der Waals surface area contributed by atoms with Crippen LogP contribution in [0.4, 0.5) is 0 Å². The van der Waals surface area contributed by atoms with Crippen molar-refractivity contribution in [2.75, 3.05) is 13.7 Å². The Morgan fingerprint density at radius 1 is 1.39 bits per heavy atom. The molecule has 2 fully saturated rings. The molecule has 1 amide bonds. The van der Waals surface area contributed by atoms with Crippen molar-refractivity contribution in [3.8, 4) is 5.75 Å². The maximum absolute atomic E-state index is 11.9. The summed E-state index contributed by atoms with van der Waals surface area (Å²) in [5.41, 5.74) is 0.903. The summed E-state index contributed by atoms with van der Waals surface area (Å²) in [4.78, 5) is 13.5. The van der Waals surface area contributed by atoms with Crippen molar-refractivity contribution in [3.63, 3.8) is 0 Å². The Morgan fingerprint density at radius 2 is 2.11 bits per heavy atom. The van der Waals surface area contributed by atoms with Gasteiger partial charge in [-0.25, -0.2) is 0 Å². The summed E-state index contributed by atoms with van der Waals surface area (Å²) in [6.45, 7) is 0.486. The molecule has 3 unspecified atom stereocenters. The minimum atomic E-state index is -0.875. The number of carbonyl (C=O) groups is 1. The fourth-order valence-electron chi connectivity index (χ4n) is 2.59. The van der Waals surface area contributed by atoms with Crippen LogP contribution in [0.25, 0.3) is 0 Å². The van der Waals surface area contributed by atoms with Gasteiger partial charge in [0.25, 0.3) is 5.91 Å². The third-order valence-corrected chi connectivity index (χ3v) is 3.53. The number of hydrogen-bond donors (Lipinski definition) is 1. The van der Waals surface area contributed by atoms with Gasteiger partial charge in [-0.1, -0.05) is 12.1 Å². The smallest absolute Gasteiger partial charge is 0.254 e. The van der Waals surface area contributed by atoms with E-state index in [-0.39, 0.29) is 18.2 Å². The molecule has 0 spiro atoms. The Labute approximate surface area is 105 Å². The summed E-state index contributed by atoms with van der Waals surface area (Å²) >= 11 is 0. The molecule has 2 aliphatic heterocycles. The zero-order valence-corrected chi connectivity index (χ0v) is 10.1. The summed E-state index contributed by atoms with van der Waals surface area (Å²) in [5, 5.41) is 9.58. The number of amides is 1. The Bertz CT molecular complexity index is 459. The lowest BCUT2D eigenvalue weighted by Gasteiger charge is -2.22. The molecular weight excluding hydrogens is 234 g/mol. The van der Waals surface area contributed by atoms with Crippen LogP contribution < -0.4 is 4.74 Å². The van der Waals surface area contributed by atoms with E-state index in [0.717, 1.165) is 11.3 Å². The predicted octanol–water partition coefficient (Wildman–Crippen LogP) is 0.686. The summed E-state index contributed by atoms with van der Waals surface area (Å²) in [6, 6.07) is 7.43. The number of fused-ring (bicyclic) bond motifs is 1. The molecule has 3 atom stereocenters. The van der Waals surface area contributed by atoms with Gasteiger partial charge in [-0.05, 0) is 12.1 Å². The largest absolute Gasteiger partial charge is 0.497 e. The van der Waals surface area contributed by atoms with Crippen molar-refractivity contribution in [2.45, 2.75) is 24.8 Å². The SMILES string of the molecule is COc1ccc(C2OCC3CC(O)C(=O)N32)cc1. The lowest BCUT2D eigenvalue weighted by Crippen LogP contribution is -2.33.